The second-order valence-corrected chi connectivity index (χ2v) is 22.0. The summed E-state index contributed by atoms with van der Waals surface area (Å²) in [6.07, 6.45) is 80.8. The monoisotopic (exact) mass is 1050 g/mol. The highest BCUT2D eigenvalue weighted by Gasteiger charge is 2.19. The standard InChI is InChI=1S/C69H124O6/c1-4-7-10-13-16-19-22-25-28-31-34-37-40-43-46-49-52-55-58-61-67(70)73-64-66(75-69(72)63-60-57-54-51-48-45-42-39-36-33-30-27-24-21-18-15-12-9-6-3)65-74-68(71)62-59-56-53-50-47-44-41-38-35-32-29-26-23-20-17-14-11-8-5-2/h16,19,25,28,33-34,36-37,43,46,66H,4-15,17-18,20-24,26-27,29-32,35,38-42,44-45,47-65H2,1-3H3/b19-16-,28-25-,36-33-,37-34-,46-43-/t66-/m0/s1. The molecule has 0 unspecified atom stereocenters. The molecule has 0 aliphatic heterocycles. The first-order valence-corrected chi connectivity index (χ1v) is 32.8. The maximum absolute atomic E-state index is 12.9. The van der Waals surface area contributed by atoms with E-state index in [2.05, 4.69) is 81.5 Å². The van der Waals surface area contributed by atoms with E-state index in [1.165, 1.54) is 218 Å². The molecule has 0 aliphatic rings. The third-order valence-electron chi connectivity index (χ3n) is 14.5. The fourth-order valence-electron chi connectivity index (χ4n) is 9.54. The summed E-state index contributed by atoms with van der Waals surface area (Å²) in [5.74, 6) is -0.899. The lowest BCUT2D eigenvalue weighted by atomic mass is 10.0. The maximum atomic E-state index is 12.9. The average Bonchev–Trinajstić information content (AvgIpc) is 3.41. The number of esters is 3. The molecule has 0 saturated heterocycles. The quantitative estimate of drug-likeness (QED) is 0.0261. The van der Waals surface area contributed by atoms with Crippen molar-refractivity contribution in [3.05, 3.63) is 60.8 Å². The number of hydrogen-bond donors (Lipinski definition) is 0. The molecule has 0 aromatic heterocycles. The molecule has 0 rings (SSSR count). The Labute approximate surface area is 466 Å². The van der Waals surface area contributed by atoms with Gasteiger partial charge in [0.1, 0.15) is 13.2 Å². The predicted molar refractivity (Wildman–Crippen MR) is 325 cm³/mol. The maximum Gasteiger partial charge on any atom is 0.306 e. The van der Waals surface area contributed by atoms with Crippen LogP contribution in [0.2, 0.25) is 0 Å². The summed E-state index contributed by atoms with van der Waals surface area (Å²) >= 11 is 0. The van der Waals surface area contributed by atoms with Crippen molar-refractivity contribution in [2.24, 2.45) is 0 Å². The van der Waals surface area contributed by atoms with Crippen LogP contribution in [0.15, 0.2) is 60.8 Å². The highest BCUT2D eigenvalue weighted by molar-refractivity contribution is 5.71. The molecule has 0 aromatic carbocycles. The van der Waals surface area contributed by atoms with Crippen LogP contribution in [0.1, 0.15) is 342 Å². The van der Waals surface area contributed by atoms with Crippen LogP contribution in [0.4, 0.5) is 0 Å². The third-order valence-corrected chi connectivity index (χ3v) is 14.5. The summed E-state index contributed by atoms with van der Waals surface area (Å²) < 4.78 is 16.9. The van der Waals surface area contributed by atoms with E-state index in [9.17, 15) is 14.4 Å². The minimum Gasteiger partial charge on any atom is -0.462 e. The lowest BCUT2D eigenvalue weighted by molar-refractivity contribution is -0.167. The van der Waals surface area contributed by atoms with Crippen molar-refractivity contribution in [2.45, 2.75) is 348 Å². The van der Waals surface area contributed by atoms with Crippen molar-refractivity contribution in [3.63, 3.8) is 0 Å². The van der Waals surface area contributed by atoms with Crippen molar-refractivity contribution in [2.75, 3.05) is 13.2 Å². The predicted octanol–water partition coefficient (Wildman–Crippen LogP) is 22.3. The van der Waals surface area contributed by atoms with E-state index in [4.69, 9.17) is 14.2 Å². The number of ether oxygens (including phenoxy) is 3. The zero-order valence-corrected chi connectivity index (χ0v) is 50.1. The first-order valence-electron chi connectivity index (χ1n) is 32.8. The van der Waals surface area contributed by atoms with Crippen molar-refractivity contribution < 1.29 is 28.6 Å². The van der Waals surface area contributed by atoms with Crippen LogP contribution in [0, 0.1) is 0 Å². The minimum atomic E-state index is -0.789. The molecule has 0 amide bonds. The van der Waals surface area contributed by atoms with Gasteiger partial charge in [0.15, 0.2) is 6.10 Å². The summed E-state index contributed by atoms with van der Waals surface area (Å²) in [6, 6.07) is 0. The number of allylic oxidation sites excluding steroid dienone is 10. The van der Waals surface area contributed by atoms with Crippen LogP contribution in [0.3, 0.4) is 0 Å². The van der Waals surface area contributed by atoms with Gasteiger partial charge < -0.3 is 14.2 Å². The van der Waals surface area contributed by atoms with Crippen molar-refractivity contribution in [3.8, 4) is 0 Å². The van der Waals surface area contributed by atoms with Gasteiger partial charge >= 0.3 is 17.9 Å². The summed E-state index contributed by atoms with van der Waals surface area (Å²) in [7, 11) is 0. The first kappa shape index (κ1) is 72.1. The number of carbonyl (C=O) groups excluding carboxylic acids is 3. The molecule has 6 nitrogen and oxygen atoms in total. The van der Waals surface area contributed by atoms with E-state index in [1.807, 2.05) is 0 Å². The fraction of sp³-hybridized carbons (Fsp3) is 0.812. The molecule has 0 saturated carbocycles. The molecule has 1 atom stereocenters. The molecule has 0 bridgehead atoms. The molecule has 0 aromatic rings. The average molecular weight is 1050 g/mol. The van der Waals surface area contributed by atoms with Gasteiger partial charge in [-0.05, 0) is 89.9 Å². The van der Waals surface area contributed by atoms with Crippen molar-refractivity contribution in [1.29, 1.82) is 0 Å². The van der Waals surface area contributed by atoms with Gasteiger partial charge in [0.05, 0.1) is 0 Å². The molecular formula is C69H124O6. The van der Waals surface area contributed by atoms with Crippen LogP contribution in [-0.2, 0) is 28.6 Å². The number of unbranched alkanes of at least 4 members (excludes halogenated alkanes) is 39. The van der Waals surface area contributed by atoms with Gasteiger partial charge in [-0.25, -0.2) is 0 Å². The lowest BCUT2D eigenvalue weighted by Crippen LogP contribution is -2.30. The molecular weight excluding hydrogens is 925 g/mol. The van der Waals surface area contributed by atoms with Crippen LogP contribution >= 0.6 is 0 Å². The van der Waals surface area contributed by atoms with Gasteiger partial charge in [-0.1, -0.05) is 293 Å². The third kappa shape index (κ3) is 61.8. The van der Waals surface area contributed by atoms with Gasteiger partial charge in [-0.3, -0.25) is 14.4 Å². The largest absolute Gasteiger partial charge is 0.462 e. The Morgan fingerprint density at radius 1 is 0.267 bits per heavy atom. The minimum absolute atomic E-state index is 0.0829. The fourth-order valence-corrected chi connectivity index (χ4v) is 9.54. The van der Waals surface area contributed by atoms with Crippen LogP contribution in [0.5, 0.6) is 0 Å². The molecule has 6 heteroatoms. The van der Waals surface area contributed by atoms with Crippen LogP contribution < -0.4 is 0 Å². The highest BCUT2D eigenvalue weighted by atomic mass is 16.6. The second-order valence-electron chi connectivity index (χ2n) is 22.0. The Hall–Kier alpha value is -2.89. The van der Waals surface area contributed by atoms with E-state index in [1.54, 1.807) is 0 Å². The molecule has 0 N–H and O–H groups in total. The first-order chi connectivity index (χ1) is 37.0. The highest BCUT2D eigenvalue weighted by Crippen LogP contribution is 2.17. The van der Waals surface area contributed by atoms with Crippen LogP contribution in [0.25, 0.3) is 0 Å². The number of rotatable bonds is 60. The molecule has 0 fully saturated rings. The SMILES string of the molecule is CCCCC/C=C\C/C=C\C/C=C\C/C=C\CCCCCC(=O)OC[C@@H](COC(=O)CCCCCCCCCCCCCCCCCCCCC)OC(=O)CCCCCCCCC/C=C\CCCCCCCCCC. The van der Waals surface area contributed by atoms with E-state index < -0.39 is 6.10 Å². The van der Waals surface area contributed by atoms with Gasteiger partial charge in [0, 0.05) is 19.3 Å². The normalized spacial score (nSPS) is 12.4. The molecule has 0 spiro atoms. The molecule has 0 aliphatic carbocycles. The Kier molecular flexibility index (Phi) is 61.2. The zero-order chi connectivity index (χ0) is 54.3. The molecule has 0 radical (unpaired) electrons. The molecule has 436 valence electrons. The van der Waals surface area contributed by atoms with Gasteiger partial charge in [0.2, 0.25) is 0 Å². The van der Waals surface area contributed by atoms with E-state index in [0.29, 0.717) is 19.3 Å². The van der Waals surface area contributed by atoms with Gasteiger partial charge in [-0.2, -0.15) is 0 Å². The molecule has 0 heterocycles. The summed E-state index contributed by atoms with van der Waals surface area (Å²) in [6.45, 7) is 6.64. The Balaban J connectivity index is 4.41. The van der Waals surface area contributed by atoms with E-state index in [-0.39, 0.29) is 31.1 Å². The smallest absolute Gasteiger partial charge is 0.306 e. The summed E-state index contributed by atoms with van der Waals surface area (Å²) in [5.41, 5.74) is 0. The van der Waals surface area contributed by atoms with Crippen molar-refractivity contribution >= 4 is 17.9 Å². The van der Waals surface area contributed by atoms with Gasteiger partial charge in [0.25, 0.3) is 0 Å². The second kappa shape index (κ2) is 63.6. The van der Waals surface area contributed by atoms with Crippen LogP contribution in [-0.4, -0.2) is 37.2 Å². The Morgan fingerprint density at radius 2 is 0.480 bits per heavy atom. The Bertz CT molecular complexity index is 1340. The summed E-state index contributed by atoms with van der Waals surface area (Å²) in [4.78, 5) is 38.4. The topological polar surface area (TPSA) is 78.9 Å². The number of carbonyl (C=O) groups is 3. The molecule has 75 heavy (non-hydrogen) atoms. The lowest BCUT2D eigenvalue weighted by Gasteiger charge is -2.18. The van der Waals surface area contributed by atoms with E-state index in [0.717, 1.165) is 83.5 Å². The van der Waals surface area contributed by atoms with Gasteiger partial charge in [-0.15, -0.1) is 0 Å². The van der Waals surface area contributed by atoms with Crippen molar-refractivity contribution in [1.82, 2.24) is 0 Å². The number of hydrogen-bond acceptors (Lipinski definition) is 6. The summed E-state index contributed by atoms with van der Waals surface area (Å²) in [5, 5.41) is 0. The zero-order valence-electron chi connectivity index (χ0n) is 50.1. The van der Waals surface area contributed by atoms with E-state index >= 15 is 0 Å². The Morgan fingerprint density at radius 3 is 0.800 bits per heavy atom.